The first-order chi connectivity index (χ1) is 25.7. The number of hydrogen-bond donors (Lipinski definition) is 2. The number of alkyl halides is 9. The molecule has 1 aliphatic carbocycles. The smallest absolute Gasteiger partial charge is 0.417 e. The van der Waals surface area contributed by atoms with E-state index in [4.69, 9.17) is 4.74 Å². The maximum Gasteiger partial charge on any atom is 0.417 e. The minimum atomic E-state index is -5.21. The van der Waals surface area contributed by atoms with Crippen LogP contribution in [0.1, 0.15) is 58.6 Å². The molecule has 2 atom stereocenters. The lowest BCUT2D eigenvalue weighted by Crippen LogP contribution is -2.59. The van der Waals surface area contributed by atoms with Crippen molar-refractivity contribution in [3.8, 4) is 0 Å². The Kier molecular flexibility index (Phi) is 11.1. The Hall–Kier alpha value is -4.16. The molecule has 0 unspecified atom stereocenters. The fourth-order valence-corrected chi connectivity index (χ4v) is 8.29. The topological polar surface area (TPSA) is 104 Å². The number of carbonyl (C=O) groups is 2. The predicted octanol–water partition coefficient (Wildman–Crippen LogP) is 5.79. The molecule has 2 aliphatic heterocycles. The third-order valence-electron chi connectivity index (χ3n) is 11.1. The number of nitrogens with one attached hydrogen (secondary N) is 1. The van der Waals surface area contributed by atoms with Gasteiger partial charge in [0.2, 0.25) is 5.91 Å². The largest absolute Gasteiger partial charge is 0.480 e. The number of carboxylic acids is 1. The number of aromatic nitrogens is 1. The number of aryl methyl sites for hydroxylation is 1. The van der Waals surface area contributed by atoms with Crippen LogP contribution in [0.25, 0.3) is 10.9 Å². The molecule has 3 heterocycles. The van der Waals surface area contributed by atoms with Crippen molar-refractivity contribution in [2.24, 2.45) is 12.5 Å². The van der Waals surface area contributed by atoms with Gasteiger partial charge in [0.1, 0.15) is 11.5 Å². The number of ether oxygens (including phenoxy) is 1. The van der Waals surface area contributed by atoms with Crippen molar-refractivity contribution in [1.29, 1.82) is 0 Å². The first-order valence-corrected chi connectivity index (χ1v) is 17.7. The van der Waals surface area contributed by atoms with Crippen LogP contribution in [0.4, 0.5) is 39.5 Å². The molecule has 0 radical (unpaired) electrons. The minimum absolute atomic E-state index is 0.0410. The van der Waals surface area contributed by atoms with Crippen molar-refractivity contribution in [2.45, 2.75) is 69.1 Å². The van der Waals surface area contributed by atoms with Gasteiger partial charge in [0.25, 0.3) is 5.56 Å². The first-order valence-electron chi connectivity index (χ1n) is 17.7. The molecular weight excluding hydrogens is 751 g/mol. The highest BCUT2D eigenvalue weighted by Gasteiger charge is 2.61. The lowest BCUT2D eigenvalue weighted by atomic mass is 9.76. The summed E-state index contributed by atoms with van der Waals surface area (Å²) in [6, 6.07) is 7.11. The van der Waals surface area contributed by atoms with E-state index in [1.807, 2.05) is 10.2 Å². The number of rotatable bonds is 9. The molecule has 1 aromatic heterocycles. The van der Waals surface area contributed by atoms with Crippen LogP contribution in [0.15, 0.2) is 41.2 Å². The number of morpholine rings is 1. The minimum Gasteiger partial charge on any atom is -0.480 e. The zero-order valence-electron chi connectivity index (χ0n) is 29.6. The van der Waals surface area contributed by atoms with Gasteiger partial charge < -0.3 is 19.7 Å². The second kappa shape index (κ2) is 15.1. The second-order valence-electron chi connectivity index (χ2n) is 14.5. The number of nitrogens with zero attached hydrogens (tertiary/aromatic N) is 3. The zero-order chi connectivity index (χ0) is 40.1. The normalized spacial score (nSPS) is 20.4. The van der Waals surface area contributed by atoms with Crippen molar-refractivity contribution in [3.63, 3.8) is 0 Å². The summed E-state index contributed by atoms with van der Waals surface area (Å²) in [6.07, 6.45) is -17.3. The van der Waals surface area contributed by atoms with Crippen LogP contribution in [0.2, 0.25) is 0 Å². The fourth-order valence-electron chi connectivity index (χ4n) is 8.29. The maximum atomic E-state index is 15.1. The molecule has 2 N–H and O–H groups in total. The van der Waals surface area contributed by atoms with Gasteiger partial charge in [-0.25, -0.2) is 4.79 Å². The number of fused-ring (bicyclic) bond motifs is 2. The molecule has 1 amide bonds. The van der Waals surface area contributed by atoms with Crippen LogP contribution in [0.3, 0.4) is 0 Å². The summed E-state index contributed by atoms with van der Waals surface area (Å²) in [4.78, 5) is 42.3. The Balaban J connectivity index is 1.31. The lowest BCUT2D eigenvalue weighted by Gasteiger charge is -2.42. The van der Waals surface area contributed by atoms with Gasteiger partial charge in [-0.1, -0.05) is 24.3 Å². The van der Waals surface area contributed by atoms with Gasteiger partial charge in [0.05, 0.1) is 30.8 Å². The number of halogens is 9. The molecule has 3 aliphatic rings. The number of aliphatic carboxylic acids is 1. The van der Waals surface area contributed by atoms with Crippen LogP contribution in [-0.2, 0) is 46.9 Å². The number of carbonyl (C=O) groups excluding carboxylic acids is 1. The second-order valence-corrected chi connectivity index (χ2v) is 14.5. The van der Waals surface area contributed by atoms with Gasteiger partial charge in [0, 0.05) is 50.0 Å². The quantitative estimate of drug-likeness (QED) is 0.265. The predicted molar refractivity (Wildman–Crippen MR) is 180 cm³/mol. The molecule has 2 fully saturated rings. The standard InChI is InChI=1S/C37H39F9N4O5/c1-48-28-8-5-21(19-49-13-15-55-16-14-49)17-26(28)30(36(41,42)43)29(31(48)51)25-7-6-23-22(3-2-4-24(23)25)18-27(32(52)53)47-33(54)34(37(44,45)46)9-11-50(12-10-34)20-35(38,39)40/h2-5,8,17,25,27H,6-7,9-16,18-20H2,1H3,(H,47,54)(H,52,53)/t25-,27+/m1/s1. The molecule has 0 spiro atoms. The SMILES string of the molecule is Cn1c(=O)c([C@@H]2CCc3c(C[C@H](NC(=O)C4(C(F)(F)F)CCN(CC(F)(F)F)CC4)C(=O)O)cccc32)c(C(F)(F)F)c2cc(CN3CCOCC3)ccc21. The fraction of sp³-hybridized carbons (Fsp3) is 0.541. The average molecular weight is 791 g/mol. The summed E-state index contributed by atoms with van der Waals surface area (Å²) in [6.45, 7) is -0.331. The summed E-state index contributed by atoms with van der Waals surface area (Å²) in [5, 5.41) is 11.8. The van der Waals surface area contributed by atoms with Crippen molar-refractivity contribution >= 4 is 22.8 Å². The summed E-state index contributed by atoms with van der Waals surface area (Å²) >= 11 is 0. The summed E-state index contributed by atoms with van der Waals surface area (Å²) in [5.41, 5.74) is -3.88. The molecule has 3 aromatic rings. The highest BCUT2D eigenvalue weighted by atomic mass is 19.4. The van der Waals surface area contributed by atoms with Crippen LogP contribution in [0, 0.1) is 5.41 Å². The molecule has 55 heavy (non-hydrogen) atoms. The van der Waals surface area contributed by atoms with Gasteiger partial charge in [-0.3, -0.25) is 19.4 Å². The molecule has 2 saturated heterocycles. The third-order valence-corrected chi connectivity index (χ3v) is 11.1. The van der Waals surface area contributed by atoms with Gasteiger partial charge in [0.15, 0.2) is 0 Å². The van der Waals surface area contributed by atoms with Gasteiger partial charge in [-0.2, -0.15) is 39.5 Å². The number of amides is 1. The van der Waals surface area contributed by atoms with Crippen molar-refractivity contribution in [3.05, 3.63) is 80.1 Å². The first kappa shape index (κ1) is 40.5. The van der Waals surface area contributed by atoms with Gasteiger partial charge >= 0.3 is 24.5 Å². The Morgan fingerprint density at radius 1 is 0.964 bits per heavy atom. The number of pyridine rings is 1. The van der Waals surface area contributed by atoms with Crippen molar-refractivity contribution < 1.29 is 58.9 Å². The summed E-state index contributed by atoms with van der Waals surface area (Å²) < 4.78 is 134. The molecule has 0 bridgehead atoms. The summed E-state index contributed by atoms with van der Waals surface area (Å²) in [5.74, 6) is -4.44. The third kappa shape index (κ3) is 8.21. The molecule has 0 saturated carbocycles. The van der Waals surface area contributed by atoms with Crippen molar-refractivity contribution in [1.82, 2.24) is 19.7 Å². The van der Waals surface area contributed by atoms with E-state index in [2.05, 4.69) is 0 Å². The zero-order valence-corrected chi connectivity index (χ0v) is 29.6. The highest BCUT2D eigenvalue weighted by Crippen LogP contribution is 2.48. The van der Waals surface area contributed by atoms with Crippen LogP contribution < -0.4 is 10.9 Å². The number of carboxylic acid groups (broad SMARTS) is 1. The van der Waals surface area contributed by atoms with E-state index in [0.717, 1.165) is 4.90 Å². The number of benzene rings is 2. The lowest BCUT2D eigenvalue weighted by molar-refractivity contribution is -0.236. The van der Waals surface area contributed by atoms with Gasteiger partial charge in [-0.05, 0) is 73.2 Å². The Morgan fingerprint density at radius 3 is 2.24 bits per heavy atom. The van der Waals surface area contributed by atoms with E-state index in [9.17, 15) is 45.8 Å². The average Bonchev–Trinajstić information content (AvgIpc) is 3.53. The Bertz CT molecular complexity index is 2000. The van der Waals surface area contributed by atoms with E-state index in [-0.39, 0.29) is 29.3 Å². The van der Waals surface area contributed by atoms with Crippen LogP contribution in [-0.4, -0.2) is 95.7 Å². The van der Waals surface area contributed by atoms with E-state index < -0.39 is 103 Å². The highest BCUT2D eigenvalue weighted by molar-refractivity contribution is 5.88. The van der Waals surface area contributed by atoms with Gasteiger partial charge in [-0.15, -0.1) is 0 Å². The maximum absolute atomic E-state index is 15.1. The molecule has 2 aromatic carbocycles. The van der Waals surface area contributed by atoms with E-state index in [0.29, 0.717) is 49.5 Å². The number of piperidine rings is 1. The monoisotopic (exact) mass is 790 g/mol. The van der Waals surface area contributed by atoms with E-state index in [1.54, 1.807) is 6.07 Å². The Morgan fingerprint density at radius 2 is 1.64 bits per heavy atom. The molecule has 6 rings (SSSR count). The van der Waals surface area contributed by atoms with E-state index in [1.165, 1.54) is 41.9 Å². The Labute approximate surface area is 309 Å². The number of likely N-dealkylation sites (tertiary alicyclic amines) is 1. The molecular formula is C37H39F9N4O5. The molecule has 9 nitrogen and oxygen atoms in total. The van der Waals surface area contributed by atoms with E-state index >= 15 is 13.2 Å². The molecule has 18 heteroatoms. The van der Waals surface area contributed by atoms with Crippen LogP contribution >= 0.6 is 0 Å². The molecule has 300 valence electrons. The summed E-state index contributed by atoms with van der Waals surface area (Å²) in [7, 11) is 1.39. The van der Waals surface area contributed by atoms with Crippen LogP contribution in [0.5, 0.6) is 0 Å². The number of hydrogen-bond acceptors (Lipinski definition) is 6. The van der Waals surface area contributed by atoms with Crippen molar-refractivity contribution in [2.75, 3.05) is 45.9 Å².